The van der Waals surface area contributed by atoms with Crippen molar-refractivity contribution in [2.45, 2.75) is 0 Å². The molecule has 0 aliphatic heterocycles. The molecule has 0 spiro atoms. The largest absolute Gasteiger partial charge is 0.508 e. The van der Waals surface area contributed by atoms with Gasteiger partial charge >= 0.3 is 0 Å². The van der Waals surface area contributed by atoms with Crippen molar-refractivity contribution in [3.63, 3.8) is 0 Å². The second-order valence-electron chi connectivity index (χ2n) is 2.91. The first-order valence-electron chi connectivity index (χ1n) is 4.46. The highest BCUT2D eigenvalue weighted by Gasteiger charge is 2.10. The van der Waals surface area contributed by atoms with Gasteiger partial charge in [-0.05, 0) is 17.7 Å². The number of aromatic hydroxyl groups is 2. The van der Waals surface area contributed by atoms with Crippen molar-refractivity contribution < 1.29 is 15.0 Å². The molecular formula is C9H10N4O3. The lowest BCUT2D eigenvalue weighted by atomic mass is 10.2. The zero-order chi connectivity index (χ0) is 12.0. The molecule has 0 aliphatic carbocycles. The predicted molar refractivity (Wildman–Crippen MR) is 56.1 cm³/mol. The Morgan fingerprint density at radius 3 is 2.88 bits per heavy atom. The molecule has 0 aromatic heterocycles. The third-order valence-electron chi connectivity index (χ3n) is 1.79. The predicted octanol–water partition coefficient (Wildman–Crippen LogP) is 1.14. The number of phenolic OH excluding ortho intramolecular Hbond substituents is 2. The van der Waals surface area contributed by atoms with Crippen LogP contribution in [0.3, 0.4) is 0 Å². The summed E-state index contributed by atoms with van der Waals surface area (Å²) in [5.41, 5.74) is 8.06. The van der Waals surface area contributed by atoms with Gasteiger partial charge in [-0.15, -0.1) is 0 Å². The van der Waals surface area contributed by atoms with Crippen LogP contribution in [0.2, 0.25) is 0 Å². The number of hydrogen-bond donors (Lipinski definition) is 3. The highest BCUT2D eigenvalue weighted by Crippen LogP contribution is 2.22. The third-order valence-corrected chi connectivity index (χ3v) is 1.79. The van der Waals surface area contributed by atoms with E-state index in [1.165, 1.54) is 12.1 Å². The Morgan fingerprint density at radius 2 is 2.25 bits per heavy atom. The number of nitrogens with one attached hydrogen (secondary N) is 1. The van der Waals surface area contributed by atoms with Crippen LogP contribution in [0.5, 0.6) is 11.5 Å². The number of rotatable bonds is 4. The molecule has 0 radical (unpaired) electrons. The molecular weight excluding hydrogens is 212 g/mol. The number of hydrogen-bond acceptors (Lipinski definition) is 4. The van der Waals surface area contributed by atoms with Crippen LogP contribution in [0, 0.1) is 0 Å². The molecule has 0 atom stereocenters. The van der Waals surface area contributed by atoms with Crippen LogP contribution in [0.25, 0.3) is 10.4 Å². The van der Waals surface area contributed by atoms with Gasteiger partial charge in [0, 0.05) is 24.1 Å². The number of phenols is 2. The summed E-state index contributed by atoms with van der Waals surface area (Å²) in [7, 11) is 0. The van der Waals surface area contributed by atoms with Gasteiger partial charge in [0.2, 0.25) is 0 Å². The molecule has 3 N–H and O–H groups in total. The second kappa shape index (κ2) is 5.47. The lowest BCUT2D eigenvalue weighted by Gasteiger charge is -2.05. The van der Waals surface area contributed by atoms with Crippen molar-refractivity contribution in [2.24, 2.45) is 5.11 Å². The fraction of sp³-hybridized carbons (Fsp3) is 0.222. The molecule has 7 heteroatoms. The maximum absolute atomic E-state index is 11.5. The van der Waals surface area contributed by atoms with Crippen molar-refractivity contribution in [2.75, 3.05) is 13.1 Å². The summed E-state index contributed by atoms with van der Waals surface area (Å²) < 4.78 is 0. The van der Waals surface area contributed by atoms with Crippen molar-refractivity contribution in [1.82, 2.24) is 5.32 Å². The molecule has 84 valence electrons. The molecule has 0 heterocycles. The molecule has 0 fully saturated rings. The number of carbonyl (C=O) groups is 1. The van der Waals surface area contributed by atoms with Gasteiger partial charge in [0.25, 0.3) is 5.91 Å². The first-order chi connectivity index (χ1) is 7.65. The Bertz CT molecular complexity index is 440. The maximum atomic E-state index is 11.5. The molecule has 0 unspecified atom stereocenters. The SMILES string of the molecule is [N-]=[N+]=NCCNC(=O)c1ccc(O)cc1O. The van der Waals surface area contributed by atoms with Gasteiger partial charge < -0.3 is 15.5 Å². The van der Waals surface area contributed by atoms with Gasteiger partial charge in [-0.3, -0.25) is 4.79 Å². The fourth-order valence-electron chi connectivity index (χ4n) is 1.07. The molecule has 0 saturated heterocycles. The van der Waals surface area contributed by atoms with Crippen molar-refractivity contribution >= 4 is 5.91 Å². The summed E-state index contributed by atoms with van der Waals surface area (Å²) in [5.74, 6) is -0.921. The fourth-order valence-corrected chi connectivity index (χ4v) is 1.07. The summed E-state index contributed by atoms with van der Waals surface area (Å²) in [6, 6.07) is 3.66. The summed E-state index contributed by atoms with van der Waals surface area (Å²) in [6.45, 7) is 0.324. The molecule has 1 aromatic rings. The van der Waals surface area contributed by atoms with Crippen LogP contribution < -0.4 is 5.32 Å². The smallest absolute Gasteiger partial charge is 0.255 e. The molecule has 7 nitrogen and oxygen atoms in total. The number of amides is 1. The standard InChI is InChI=1S/C9H10N4O3/c10-13-12-4-3-11-9(16)7-2-1-6(14)5-8(7)15/h1-2,5,14-15H,3-4H2,(H,11,16). The summed E-state index contributed by atoms with van der Waals surface area (Å²) in [4.78, 5) is 14.0. The van der Waals surface area contributed by atoms with Gasteiger partial charge in [-0.1, -0.05) is 5.11 Å². The van der Waals surface area contributed by atoms with Crippen LogP contribution in [-0.2, 0) is 0 Å². The van der Waals surface area contributed by atoms with E-state index in [4.69, 9.17) is 10.6 Å². The van der Waals surface area contributed by atoms with Gasteiger partial charge in [-0.25, -0.2) is 0 Å². The van der Waals surface area contributed by atoms with E-state index >= 15 is 0 Å². The second-order valence-corrected chi connectivity index (χ2v) is 2.91. The van der Waals surface area contributed by atoms with Crippen molar-refractivity contribution in [3.8, 4) is 11.5 Å². The van der Waals surface area contributed by atoms with E-state index in [1.54, 1.807) is 0 Å². The van der Waals surface area contributed by atoms with Crippen LogP contribution >= 0.6 is 0 Å². The first-order valence-corrected chi connectivity index (χ1v) is 4.46. The van der Waals surface area contributed by atoms with E-state index in [0.717, 1.165) is 6.07 Å². The molecule has 0 aliphatic rings. The summed E-state index contributed by atoms with van der Waals surface area (Å²) in [6.07, 6.45) is 0. The van der Waals surface area contributed by atoms with E-state index in [2.05, 4.69) is 15.3 Å². The highest BCUT2D eigenvalue weighted by atomic mass is 16.3. The van der Waals surface area contributed by atoms with Crippen LogP contribution in [0.4, 0.5) is 0 Å². The Balaban J connectivity index is 2.62. The van der Waals surface area contributed by atoms with Crippen molar-refractivity contribution in [1.29, 1.82) is 0 Å². The van der Waals surface area contributed by atoms with Crippen LogP contribution in [0.15, 0.2) is 23.3 Å². The first kappa shape index (κ1) is 11.7. The number of carbonyl (C=O) groups excluding carboxylic acids is 1. The normalized spacial score (nSPS) is 9.25. The minimum Gasteiger partial charge on any atom is -0.508 e. The van der Waals surface area contributed by atoms with E-state index in [-0.39, 0.29) is 30.2 Å². The minimum absolute atomic E-state index is 0.0544. The van der Waals surface area contributed by atoms with Gasteiger partial charge in [0.1, 0.15) is 11.5 Å². The number of benzene rings is 1. The Kier molecular flexibility index (Phi) is 3.99. The number of azide groups is 1. The topological polar surface area (TPSA) is 118 Å². The Labute approximate surface area is 91.0 Å². The van der Waals surface area contributed by atoms with Gasteiger partial charge in [-0.2, -0.15) is 0 Å². The summed E-state index contributed by atoms with van der Waals surface area (Å²) in [5, 5.41) is 24.1. The molecule has 0 bridgehead atoms. The van der Waals surface area contributed by atoms with Gasteiger partial charge in [0.05, 0.1) is 5.56 Å². The molecule has 0 saturated carbocycles. The van der Waals surface area contributed by atoms with E-state index < -0.39 is 5.91 Å². The zero-order valence-corrected chi connectivity index (χ0v) is 8.29. The van der Waals surface area contributed by atoms with Crippen LogP contribution in [-0.4, -0.2) is 29.2 Å². The van der Waals surface area contributed by atoms with E-state index in [9.17, 15) is 9.90 Å². The van der Waals surface area contributed by atoms with Crippen molar-refractivity contribution in [3.05, 3.63) is 34.2 Å². The zero-order valence-electron chi connectivity index (χ0n) is 8.29. The lowest BCUT2D eigenvalue weighted by Crippen LogP contribution is -2.25. The van der Waals surface area contributed by atoms with Gasteiger partial charge in [0.15, 0.2) is 0 Å². The highest BCUT2D eigenvalue weighted by molar-refractivity contribution is 5.96. The lowest BCUT2D eigenvalue weighted by molar-refractivity contribution is 0.0952. The minimum atomic E-state index is -0.495. The Hall–Kier alpha value is -2.40. The Morgan fingerprint density at radius 1 is 1.50 bits per heavy atom. The average molecular weight is 222 g/mol. The third kappa shape index (κ3) is 3.07. The number of nitrogens with zero attached hydrogens (tertiary/aromatic N) is 3. The van der Waals surface area contributed by atoms with E-state index in [0.29, 0.717) is 0 Å². The summed E-state index contributed by atoms with van der Waals surface area (Å²) >= 11 is 0. The maximum Gasteiger partial charge on any atom is 0.255 e. The molecule has 1 amide bonds. The monoisotopic (exact) mass is 222 g/mol. The molecule has 16 heavy (non-hydrogen) atoms. The quantitative estimate of drug-likeness (QED) is 0.306. The average Bonchev–Trinajstić information content (AvgIpc) is 2.24. The molecule has 1 aromatic carbocycles. The van der Waals surface area contributed by atoms with E-state index in [1.807, 2.05) is 0 Å². The molecule has 1 rings (SSSR count). The van der Waals surface area contributed by atoms with Crippen LogP contribution in [0.1, 0.15) is 10.4 Å².